The van der Waals surface area contributed by atoms with Crippen LogP contribution in [0.1, 0.15) is 53.0 Å². The van der Waals surface area contributed by atoms with Gasteiger partial charge in [0.1, 0.15) is 12.6 Å². The lowest BCUT2D eigenvalue weighted by atomic mass is 9.75. The fraction of sp³-hybridized carbons (Fsp3) is 0.571. The van der Waals surface area contributed by atoms with Crippen LogP contribution in [0.25, 0.3) is 0 Å². The van der Waals surface area contributed by atoms with Crippen LogP contribution in [0, 0.1) is 11.3 Å². The Morgan fingerprint density at radius 1 is 1.11 bits per heavy atom. The monoisotopic (exact) mass is 526 g/mol. The number of carbonyl (C=O) groups is 3. The number of hydrogen-bond donors (Lipinski definition) is 3. The van der Waals surface area contributed by atoms with Crippen molar-refractivity contribution in [3.8, 4) is 0 Å². The first-order valence-corrected chi connectivity index (χ1v) is 13.1. The molecule has 2 aromatic rings. The van der Waals surface area contributed by atoms with E-state index in [1.165, 1.54) is 6.33 Å². The molecular weight excluding hydrogens is 484 g/mol. The molecule has 1 fully saturated rings. The number of nitrogens with zero attached hydrogens (tertiary/aromatic N) is 3. The van der Waals surface area contributed by atoms with Crippen molar-refractivity contribution in [2.45, 2.75) is 72.2 Å². The molecule has 0 bridgehead atoms. The van der Waals surface area contributed by atoms with Crippen LogP contribution in [-0.4, -0.2) is 63.4 Å². The molecule has 10 heteroatoms. The van der Waals surface area contributed by atoms with Crippen LogP contribution in [0.5, 0.6) is 0 Å². The quantitative estimate of drug-likeness (QED) is 0.436. The van der Waals surface area contributed by atoms with E-state index in [1.54, 1.807) is 24.6 Å². The van der Waals surface area contributed by atoms with Gasteiger partial charge in [-0.3, -0.25) is 14.4 Å². The second-order valence-corrected chi connectivity index (χ2v) is 11.7. The molecule has 3 rings (SSSR count). The van der Waals surface area contributed by atoms with E-state index in [0.29, 0.717) is 5.92 Å². The molecule has 1 aromatic heterocycles. The van der Waals surface area contributed by atoms with Gasteiger partial charge in [-0.15, -0.1) is 0 Å². The van der Waals surface area contributed by atoms with Gasteiger partial charge in [0.25, 0.3) is 5.91 Å². The number of nitrogens with two attached hydrogens (primary N) is 1. The van der Waals surface area contributed by atoms with Crippen LogP contribution in [0.15, 0.2) is 42.9 Å². The van der Waals surface area contributed by atoms with Gasteiger partial charge in [0.05, 0.1) is 25.1 Å². The second-order valence-electron chi connectivity index (χ2n) is 11.7. The molecule has 1 aliphatic heterocycles. The fourth-order valence-corrected chi connectivity index (χ4v) is 4.37. The summed E-state index contributed by atoms with van der Waals surface area (Å²) >= 11 is 0. The van der Waals surface area contributed by atoms with Gasteiger partial charge in [0.15, 0.2) is 5.82 Å². The Hall–Kier alpha value is -3.24. The molecule has 0 radical (unpaired) electrons. The summed E-state index contributed by atoms with van der Waals surface area (Å²) in [5.74, 6) is -0.0544. The van der Waals surface area contributed by atoms with Crippen molar-refractivity contribution < 1.29 is 19.1 Å². The number of anilines is 1. The molecule has 1 atom stereocenters. The summed E-state index contributed by atoms with van der Waals surface area (Å²) in [7, 11) is 0. The molecule has 2 heterocycles. The molecule has 0 spiro atoms. The van der Waals surface area contributed by atoms with Crippen LogP contribution in [0.3, 0.4) is 0 Å². The molecule has 4 N–H and O–H groups in total. The zero-order valence-electron chi connectivity index (χ0n) is 23.2. The average Bonchev–Trinajstić information content (AvgIpc) is 3.29. The fourth-order valence-electron chi connectivity index (χ4n) is 4.37. The summed E-state index contributed by atoms with van der Waals surface area (Å²) in [6, 6.07) is 8.55. The smallest absolute Gasteiger partial charge is 0.250 e. The highest BCUT2D eigenvalue weighted by atomic mass is 16.5. The Labute approximate surface area is 225 Å². The van der Waals surface area contributed by atoms with E-state index in [4.69, 9.17) is 10.5 Å². The first-order chi connectivity index (χ1) is 17.8. The second kappa shape index (κ2) is 12.5. The zero-order valence-corrected chi connectivity index (χ0v) is 23.2. The van der Waals surface area contributed by atoms with Gasteiger partial charge in [0.2, 0.25) is 11.8 Å². The molecule has 1 saturated heterocycles. The van der Waals surface area contributed by atoms with Crippen LogP contribution in [0.2, 0.25) is 0 Å². The van der Waals surface area contributed by atoms with E-state index >= 15 is 0 Å². The zero-order chi connectivity index (χ0) is 27.9. The van der Waals surface area contributed by atoms with Gasteiger partial charge < -0.3 is 30.6 Å². The van der Waals surface area contributed by atoms with Crippen molar-refractivity contribution in [3.63, 3.8) is 0 Å². The number of imidazole rings is 1. The molecule has 3 amide bonds. The number of rotatable bonds is 10. The highest BCUT2D eigenvalue weighted by Gasteiger charge is 2.31. The standard InChI is InChI=1S/C28H42N6O4/c1-27(2,3)21-11-13-34(14-12-21)24(35)16-33-15-23(30-19-33)32-25(36)22(31-26(37)28(4,5)29)18-38-17-20-9-7-6-8-10-20/h6-10,15,19,21-22H,11-14,16-18,29H2,1-5H3,(H,31,37)(H,32,36)/t22-/m1/s1. The first-order valence-electron chi connectivity index (χ1n) is 13.1. The Balaban J connectivity index is 1.56. The number of aromatic nitrogens is 2. The Morgan fingerprint density at radius 2 is 1.76 bits per heavy atom. The maximum atomic E-state index is 13.0. The lowest BCUT2D eigenvalue weighted by Gasteiger charge is -2.38. The van der Waals surface area contributed by atoms with Crippen LogP contribution >= 0.6 is 0 Å². The normalized spacial score (nSPS) is 15.7. The number of hydrogen-bond acceptors (Lipinski definition) is 6. The maximum Gasteiger partial charge on any atom is 0.250 e. The SMILES string of the molecule is CC(C)(N)C(=O)N[C@H](COCc1ccccc1)C(=O)Nc1cn(CC(=O)N2CCC(C(C)(C)C)CC2)cn1. The number of amides is 3. The summed E-state index contributed by atoms with van der Waals surface area (Å²) < 4.78 is 7.36. The molecule has 38 heavy (non-hydrogen) atoms. The number of benzene rings is 1. The Kier molecular flexibility index (Phi) is 9.67. The molecule has 0 unspecified atom stereocenters. The molecular formula is C28H42N6O4. The molecule has 10 nitrogen and oxygen atoms in total. The average molecular weight is 527 g/mol. The van der Waals surface area contributed by atoms with Gasteiger partial charge in [-0.05, 0) is 43.6 Å². The third-order valence-corrected chi connectivity index (χ3v) is 6.88. The lowest BCUT2D eigenvalue weighted by Crippen LogP contribution is -2.56. The molecule has 208 valence electrons. The minimum Gasteiger partial charge on any atom is -0.374 e. The van der Waals surface area contributed by atoms with Gasteiger partial charge in [0, 0.05) is 19.3 Å². The number of nitrogens with one attached hydrogen (secondary N) is 2. The number of piperidine rings is 1. The van der Waals surface area contributed by atoms with E-state index in [0.717, 1.165) is 31.5 Å². The van der Waals surface area contributed by atoms with E-state index in [-0.39, 0.29) is 36.9 Å². The van der Waals surface area contributed by atoms with Crippen molar-refractivity contribution in [2.75, 3.05) is 25.0 Å². The van der Waals surface area contributed by atoms with Crippen molar-refractivity contribution in [1.29, 1.82) is 0 Å². The summed E-state index contributed by atoms with van der Waals surface area (Å²) in [6.07, 6.45) is 5.12. The minimum atomic E-state index is -1.17. The Morgan fingerprint density at radius 3 is 2.37 bits per heavy atom. The first kappa shape index (κ1) is 29.3. The van der Waals surface area contributed by atoms with Crippen LogP contribution < -0.4 is 16.4 Å². The van der Waals surface area contributed by atoms with Crippen LogP contribution in [-0.2, 0) is 32.3 Å². The van der Waals surface area contributed by atoms with E-state index in [9.17, 15) is 14.4 Å². The summed E-state index contributed by atoms with van der Waals surface area (Å²) in [6.45, 7) is 11.8. The largest absolute Gasteiger partial charge is 0.374 e. The molecule has 1 aromatic carbocycles. The van der Waals surface area contributed by atoms with Crippen molar-refractivity contribution in [2.24, 2.45) is 17.1 Å². The highest BCUT2D eigenvalue weighted by Crippen LogP contribution is 2.34. The molecule has 1 aliphatic rings. The van der Waals surface area contributed by atoms with Crippen LogP contribution in [0.4, 0.5) is 5.82 Å². The van der Waals surface area contributed by atoms with E-state index < -0.39 is 23.4 Å². The third-order valence-electron chi connectivity index (χ3n) is 6.88. The lowest BCUT2D eigenvalue weighted by molar-refractivity contribution is -0.133. The number of carbonyl (C=O) groups excluding carboxylic acids is 3. The predicted molar refractivity (Wildman–Crippen MR) is 146 cm³/mol. The third kappa shape index (κ3) is 8.66. The van der Waals surface area contributed by atoms with Gasteiger partial charge in [-0.2, -0.15) is 0 Å². The summed E-state index contributed by atoms with van der Waals surface area (Å²) in [4.78, 5) is 44.5. The van der Waals surface area contributed by atoms with Crippen molar-refractivity contribution >= 4 is 23.5 Å². The van der Waals surface area contributed by atoms with Gasteiger partial charge in [-0.1, -0.05) is 51.1 Å². The molecule has 0 saturated carbocycles. The van der Waals surface area contributed by atoms with Gasteiger partial charge >= 0.3 is 0 Å². The van der Waals surface area contributed by atoms with Crippen molar-refractivity contribution in [3.05, 3.63) is 48.4 Å². The maximum absolute atomic E-state index is 13.0. The van der Waals surface area contributed by atoms with Crippen molar-refractivity contribution in [1.82, 2.24) is 19.8 Å². The minimum absolute atomic E-state index is 0.0252. The van der Waals surface area contributed by atoms with Gasteiger partial charge in [-0.25, -0.2) is 4.98 Å². The Bertz CT molecular complexity index is 1080. The number of likely N-dealkylation sites (tertiary alicyclic amines) is 1. The topological polar surface area (TPSA) is 132 Å². The van der Waals surface area contributed by atoms with E-state index in [1.807, 2.05) is 35.2 Å². The van der Waals surface area contributed by atoms with E-state index in [2.05, 4.69) is 36.4 Å². The summed E-state index contributed by atoms with van der Waals surface area (Å²) in [5.41, 5.74) is 5.93. The highest BCUT2D eigenvalue weighted by molar-refractivity contribution is 5.98. The number of ether oxygens (including phenoxy) is 1. The predicted octanol–water partition coefficient (Wildman–Crippen LogP) is 2.55. The molecule has 0 aliphatic carbocycles. The summed E-state index contributed by atoms with van der Waals surface area (Å²) in [5, 5.41) is 5.37.